The van der Waals surface area contributed by atoms with Gasteiger partial charge in [-0.25, -0.2) is 4.79 Å². The van der Waals surface area contributed by atoms with E-state index >= 15 is 0 Å². The minimum atomic E-state index is -0.801. The molecule has 0 spiro atoms. The maximum atomic E-state index is 10.8. The van der Waals surface area contributed by atoms with Crippen molar-refractivity contribution in [2.75, 3.05) is 13.1 Å². The van der Waals surface area contributed by atoms with E-state index in [0.29, 0.717) is 19.1 Å². The first kappa shape index (κ1) is 11.3. The van der Waals surface area contributed by atoms with Gasteiger partial charge in [-0.2, -0.15) is 0 Å². The van der Waals surface area contributed by atoms with Gasteiger partial charge in [-0.15, -0.1) is 0 Å². The molecule has 0 aliphatic carbocycles. The summed E-state index contributed by atoms with van der Waals surface area (Å²) in [7, 11) is 0. The zero-order chi connectivity index (χ0) is 10.8. The van der Waals surface area contributed by atoms with Gasteiger partial charge in [0.1, 0.15) is 0 Å². The summed E-state index contributed by atoms with van der Waals surface area (Å²) in [6, 6.07) is 0.305. The van der Waals surface area contributed by atoms with Crippen LogP contribution in [0.5, 0.6) is 0 Å². The summed E-state index contributed by atoms with van der Waals surface area (Å²) in [6.07, 6.45) is 1.23. The molecule has 1 fully saturated rings. The van der Waals surface area contributed by atoms with Gasteiger partial charge in [-0.3, -0.25) is 0 Å². The lowest BCUT2D eigenvalue weighted by molar-refractivity contribution is 0.121. The molecule has 0 aromatic carbocycles. The first-order chi connectivity index (χ1) is 6.38. The minimum Gasteiger partial charge on any atom is -0.465 e. The fraction of sp³-hybridized carbons (Fsp3) is 0.900. The van der Waals surface area contributed by atoms with E-state index < -0.39 is 6.09 Å². The third-order valence-corrected chi connectivity index (χ3v) is 2.33. The van der Waals surface area contributed by atoms with Crippen LogP contribution in [0.4, 0.5) is 4.79 Å². The van der Waals surface area contributed by atoms with Gasteiger partial charge < -0.3 is 15.3 Å². The Kier molecular flexibility index (Phi) is 3.37. The predicted molar refractivity (Wildman–Crippen MR) is 55.5 cm³/mol. The first-order valence-corrected chi connectivity index (χ1v) is 5.14. The molecule has 0 radical (unpaired) electrons. The normalized spacial score (nSPS) is 23.6. The number of amides is 1. The minimum absolute atomic E-state index is 0.0617. The largest absolute Gasteiger partial charge is 0.465 e. The van der Waals surface area contributed by atoms with E-state index in [1.54, 1.807) is 0 Å². The molecular weight excluding hydrogens is 180 g/mol. The fourth-order valence-corrected chi connectivity index (χ4v) is 1.88. The Balaban J connectivity index is 2.44. The van der Waals surface area contributed by atoms with E-state index in [-0.39, 0.29) is 5.54 Å². The Morgan fingerprint density at radius 2 is 2.14 bits per heavy atom. The van der Waals surface area contributed by atoms with Crippen LogP contribution in [-0.2, 0) is 0 Å². The van der Waals surface area contributed by atoms with E-state index in [9.17, 15) is 4.79 Å². The Morgan fingerprint density at radius 1 is 1.50 bits per heavy atom. The molecular formula is C10H20N2O2. The molecule has 2 N–H and O–H groups in total. The maximum absolute atomic E-state index is 10.8. The average Bonchev–Trinajstić information content (AvgIpc) is 2.01. The van der Waals surface area contributed by atoms with Crippen LogP contribution in [0.2, 0.25) is 0 Å². The van der Waals surface area contributed by atoms with Gasteiger partial charge in [0.25, 0.3) is 0 Å². The third kappa shape index (κ3) is 3.54. The summed E-state index contributed by atoms with van der Waals surface area (Å²) >= 11 is 0. The SMILES string of the molecule is CC(C)(C)N[C@H]1CCCN(C(=O)O)C1. The van der Waals surface area contributed by atoms with Crippen LogP contribution in [0.1, 0.15) is 33.6 Å². The molecule has 1 aliphatic rings. The topological polar surface area (TPSA) is 52.6 Å². The summed E-state index contributed by atoms with van der Waals surface area (Å²) in [5, 5.41) is 12.3. The molecule has 4 nitrogen and oxygen atoms in total. The third-order valence-electron chi connectivity index (χ3n) is 2.33. The molecule has 1 atom stereocenters. The number of likely N-dealkylation sites (tertiary alicyclic amines) is 1. The van der Waals surface area contributed by atoms with E-state index in [2.05, 4.69) is 26.1 Å². The molecule has 1 rings (SSSR count). The van der Waals surface area contributed by atoms with Crippen molar-refractivity contribution in [1.82, 2.24) is 10.2 Å². The maximum Gasteiger partial charge on any atom is 0.407 e. The summed E-state index contributed by atoms with van der Waals surface area (Å²) < 4.78 is 0. The smallest absolute Gasteiger partial charge is 0.407 e. The van der Waals surface area contributed by atoms with E-state index in [1.165, 1.54) is 4.90 Å². The van der Waals surface area contributed by atoms with Crippen molar-refractivity contribution in [3.8, 4) is 0 Å². The van der Waals surface area contributed by atoms with Crippen LogP contribution in [0.3, 0.4) is 0 Å². The van der Waals surface area contributed by atoms with Crippen molar-refractivity contribution in [1.29, 1.82) is 0 Å². The zero-order valence-corrected chi connectivity index (χ0v) is 9.21. The highest BCUT2D eigenvalue weighted by Gasteiger charge is 2.25. The summed E-state index contributed by atoms with van der Waals surface area (Å²) in [4.78, 5) is 12.3. The Morgan fingerprint density at radius 3 is 2.64 bits per heavy atom. The van der Waals surface area contributed by atoms with Crippen molar-refractivity contribution >= 4 is 6.09 Å². The van der Waals surface area contributed by atoms with Crippen molar-refractivity contribution in [3.05, 3.63) is 0 Å². The Hall–Kier alpha value is -0.770. The van der Waals surface area contributed by atoms with Gasteiger partial charge in [0, 0.05) is 24.7 Å². The second-order valence-corrected chi connectivity index (χ2v) is 4.96. The number of nitrogens with one attached hydrogen (secondary N) is 1. The van der Waals surface area contributed by atoms with Gasteiger partial charge in [0.05, 0.1) is 0 Å². The highest BCUT2D eigenvalue weighted by Crippen LogP contribution is 2.13. The molecule has 0 aromatic heterocycles. The summed E-state index contributed by atoms with van der Waals surface area (Å²) in [5.74, 6) is 0. The number of carboxylic acid groups (broad SMARTS) is 1. The quantitative estimate of drug-likeness (QED) is 0.674. The van der Waals surface area contributed by atoms with Crippen LogP contribution in [-0.4, -0.2) is 40.8 Å². The lowest BCUT2D eigenvalue weighted by Crippen LogP contribution is -2.52. The summed E-state index contributed by atoms with van der Waals surface area (Å²) in [6.45, 7) is 7.61. The van der Waals surface area contributed by atoms with Crippen molar-refractivity contribution < 1.29 is 9.90 Å². The molecule has 0 aromatic rings. The Bertz CT molecular complexity index is 211. The lowest BCUT2D eigenvalue weighted by Gasteiger charge is -2.35. The zero-order valence-electron chi connectivity index (χ0n) is 9.21. The molecule has 0 bridgehead atoms. The van der Waals surface area contributed by atoms with E-state index in [4.69, 9.17) is 5.11 Å². The van der Waals surface area contributed by atoms with E-state index in [1.807, 2.05) is 0 Å². The average molecular weight is 200 g/mol. The van der Waals surface area contributed by atoms with Crippen molar-refractivity contribution in [2.45, 2.75) is 45.2 Å². The van der Waals surface area contributed by atoms with Crippen LogP contribution in [0.25, 0.3) is 0 Å². The van der Waals surface area contributed by atoms with E-state index in [0.717, 1.165) is 12.8 Å². The number of carbonyl (C=O) groups is 1. The van der Waals surface area contributed by atoms with Crippen LogP contribution in [0, 0.1) is 0 Å². The van der Waals surface area contributed by atoms with Crippen molar-refractivity contribution in [2.24, 2.45) is 0 Å². The molecule has 1 heterocycles. The molecule has 1 saturated heterocycles. The van der Waals surface area contributed by atoms with Crippen LogP contribution < -0.4 is 5.32 Å². The number of nitrogens with zero attached hydrogens (tertiary/aromatic N) is 1. The van der Waals surface area contributed by atoms with Gasteiger partial charge in [-0.1, -0.05) is 0 Å². The molecule has 1 aliphatic heterocycles. The number of hydrogen-bond donors (Lipinski definition) is 2. The molecule has 82 valence electrons. The highest BCUT2D eigenvalue weighted by molar-refractivity contribution is 5.65. The van der Waals surface area contributed by atoms with Crippen LogP contribution in [0.15, 0.2) is 0 Å². The molecule has 4 heteroatoms. The number of hydrogen-bond acceptors (Lipinski definition) is 2. The molecule has 14 heavy (non-hydrogen) atoms. The number of rotatable bonds is 1. The number of piperidine rings is 1. The van der Waals surface area contributed by atoms with Crippen molar-refractivity contribution in [3.63, 3.8) is 0 Å². The predicted octanol–water partition coefficient (Wildman–Crippen LogP) is 1.52. The highest BCUT2D eigenvalue weighted by atomic mass is 16.4. The summed E-state index contributed by atoms with van der Waals surface area (Å²) in [5.41, 5.74) is 0.0617. The Labute approximate surface area is 85.3 Å². The first-order valence-electron chi connectivity index (χ1n) is 5.14. The monoisotopic (exact) mass is 200 g/mol. The second-order valence-electron chi connectivity index (χ2n) is 4.96. The van der Waals surface area contributed by atoms with Gasteiger partial charge in [-0.05, 0) is 33.6 Å². The van der Waals surface area contributed by atoms with Gasteiger partial charge in [0.15, 0.2) is 0 Å². The molecule has 1 amide bonds. The van der Waals surface area contributed by atoms with Crippen LogP contribution >= 0.6 is 0 Å². The molecule has 0 saturated carbocycles. The van der Waals surface area contributed by atoms with Gasteiger partial charge >= 0.3 is 6.09 Å². The van der Waals surface area contributed by atoms with Gasteiger partial charge in [0.2, 0.25) is 0 Å². The second kappa shape index (κ2) is 4.17. The lowest BCUT2D eigenvalue weighted by atomic mass is 10.0. The molecule has 0 unspecified atom stereocenters. The standard InChI is InChI=1S/C10H20N2O2/c1-10(2,3)11-8-5-4-6-12(7-8)9(13)14/h8,11H,4-7H2,1-3H3,(H,13,14)/t8-/m0/s1. The fourth-order valence-electron chi connectivity index (χ4n) is 1.88.